The molecule has 0 saturated heterocycles. The normalized spacial score (nSPS) is 39.1. The first-order chi connectivity index (χ1) is 14.1. The van der Waals surface area contributed by atoms with Crippen molar-refractivity contribution in [3.63, 3.8) is 0 Å². The molecule has 0 spiro atoms. The van der Waals surface area contributed by atoms with Crippen LogP contribution in [0.15, 0.2) is 95.2 Å². The van der Waals surface area contributed by atoms with E-state index in [9.17, 15) is 0 Å². The van der Waals surface area contributed by atoms with Gasteiger partial charge in [-0.2, -0.15) is 0 Å². The average molecular weight is 397 g/mol. The van der Waals surface area contributed by atoms with Crippen LogP contribution < -0.4 is 0 Å². The molecule has 0 radical (unpaired) electrons. The topological polar surface area (TPSA) is 0 Å². The van der Waals surface area contributed by atoms with Gasteiger partial charge in [0.2, 0.25) is 0 Å². The molecular formula is C28H32Si. The predicted octanol–water partition coefficient (Wildman–Crippen LogP) is 7.47. The van der Waals surface area contributed by atoms with Crippen LogP contribution in [0.4, 0.5) is 0 Å². The first-order valence-electron chi connectivity index (χ1n) is 11.7. The van der Waals surface area contributed by atoms with Gasteiger partial charge in [0.05, 0.1) is 8.07 Å². The van der Waals surface area contributed by atoms with Crippen LogP contribution >= 0.6 is 0 Å². The van der Waals surface area contributed by atoms with E-state index >= 15 is 0 Å². The van der Waals surface area contributed by atoms with Gasteiger partial charge in [-0.15, -0.1) is 0 Å². The quantitative estimate of drug-likeness (QED) is 0.425. The second-order valence-corrected chi connectivity index (χ2v) is 15.6. The largest absolute Gasteiger partial charge is 0.0842 e. The van der Waals surface area contributed by atoms with Gasteiger partial charge in [-0.25, -0.2) is 0 Å². The summed E-state index contributed by atoms with van der Waals surface area (Å²) in [6.07, 6.45) is 34.0. The van der Waals surface area contributed by atoms with Crippen LogP contribution in [0.3, 0.4) is 0 Å². The molecule has 0 fully saturated rings. The first-order valence-corrected chi connectivity index (χ1v) is 14.8. The summed E-state index contributed by atoms with van der Waals surface area (Å²) in [5.74, 6) is 2.92. The molecule has 0 aromatic rings. The maximum absolute atomic E-state index is 2.74. The summed E-state index contributed by atoms with van der Waals surface area (Å²) >= 11 is 0. The zero-order valence-electron chi connectivity index (χ0n) is 17.7. The Morgan fingerprint density at radius 3 is 1.59 bits per heavy atom. The molecule has 0 N–H and O–H groups in total. The van der Waals surface area contributed by atoms with E-state index in [1.807, 2.05) is 0 Å². The molecule has 0 saturated carbocycles. The van der Waals surface area contributed by atoms with Crippen LogP contribution in [0.2, 0.25) is 24.2 Å². The van der Waals surface area contributed by atoms with E-state index in [-0.39, 0.29) is 0 Å². The Labute approximate surface area is 176 Å². The van der Waals surface area contributed by atoms with Crippen LogP contribution in [0.25, 0.3) is 0 Å². The van der Waals surface area contributed by atoms with Gasteiger partial charge in [0, 0.05) is 11.8 Å². The SMILES string of the molecule is C[Si](C)(C1CC=CC2=C3C=CC=CC3CC21)C1CC=CC2=C3C=CC=CC3CC21. The standard InChI is InChI=1S/C28H32Si/c1-29(2,27-15-7-13-23-21-11-5-3-9-19(21)17-25(23)27)28-16-8-14-24-22-12-6-4-10-20(22)18-26(24)28/h3-14,19-20,25-28H,15-18H2,1-2H3. The smallest absolute Gasteiger partial charge is 0.0554 e. The van der Waals surface area contributed by atoms with Crippen LogP contribution in [0.5, 0.6) is 0 Å². The highest BCUT2D eigenvalue weighted by Gasteiger charge is 2.51. The fraction of sp³-hybridized carbons (Fsp3) is 0.429. The van der Waals surface area contributed by atoms with E-state index in [1.165, 1.54) is 25.7 Å². The molecule has 0 nitrogen and oxygen atoms in total. The summed E-state index contributed by atoms with van der Waals surface area (Å²) in [5, 5.41) is 0. The number of hydrogen-bond donors (Lipinski definition) is 0. The van der Waals surface area contributed by atoms with Crippen molar-refractivity contribution >= 4 is 8.07 Å². The fourth-order valence-electron chi connectivity index (χ4n) is 7.56. The average Bonchev–Trinajstić information content (AvgIpc) is 3.31. The highest BCUT2D eigenvalue weighted by molar-refractivity contribution is 6.80. The van der Waals surface area contributed by atoms with Crippen LogP contribution in [0.1, 0.15) is 25.7 Å². The van der Waals surface area contributed by atoms with Crippen LogP contribution in [0, 0.1) is 23.7 Å². The summed E-state index contributed by atoms with van der Waals surface area (Å²) in [6.45, 7) is 5.49. The van der Waals surface area contributed by atoms with Gasteiger partial charge in [-0.1, -0.05) is 86.0 Å². The Morgan fingerprint density at radius 1 is 0.621 bits per heavy atom. The fourth-order valence-corrected chi connectivity index (χ4v) is 12.3. The molecule has 6 aliphatic rings. The lowest BCUT2D eigenvalue weighted by molar-refractivity contribution is 0.466. The summed E-state index contributed by atoms with van der Waals surface area (Å²) in [7, 11) is -1.47. The molecule has 0 aromatic heterocycles. The predicted molar refractivity (Wildman–Crippen MR) is 126 cm³/mol. The minimum atomic E-state index is -1.47. The monoisotopic (exact) mass is 396 g/mol. The molecule has 0 bridgehead atoms. The second-order valence-electron chi connectivity index (χ2n) is 10.5. The lowest BCUT2D eigenvalue weighted by Crippen LogP contribution is -2.45. The molecule has 148 valence electrons. The molecule has 6 rings (SSSR count). The third kappa shape index (κ3) is 2.63. The minimum absolute atomic E-state index is 0.670. The maximum Gasteiger partial charge on any atom is 0.0554 e. The minimum Gasteiger partial charge on any atom is -0.0842 e. The van der Waals surface area contributed by atoms with Gasteiger partial charge in [-0.3, -0.25) is 0 Å². The third-order valence-corrected chi connectivity index (χ3v) is 14.1. The van der Waals surface area contributed by atoms with Gasteiger partial charge < -0.3 is 0 Å². The van der Waals surface area contributed by atoms with E-state index in [1.54, 1.807) is 22.3 Å². The van der Waals surface area contributed by atoms with E-state index < -0.39 is 8.07 Å². The summed E-state index contributed by atoms with van der Waals surface area (Å²) in [6, 6.07) is 0. The first kappa shape index (κ1) is 17.9. The van der Waals surface area contributed by atoms with Gasteiger partial charge in [0.25, 0.3) is 0 Å². The number of fused-ring (bicyclic) bond motifs is 4. The van der Waals surface area contributed by atoms with Crippen molar-refractivity contribution in [2.45, 2.75) is 49.9 Å². The Balaban J connectivity index is 1.35. The van der Waals surface area contributed by atoms with E-state index in [0.29, 0.717) is 11.8 Å². The van der Waals surface area contributed by atoms with Crippen LogP contribution in [-0.2, 0) is 0 Å². The Kier molecular flexibility index (Phi) is 4.07. The van der Waals surface area contributed by atoms with E-state index in [2.05, 4.69) is 86.0 Å². The van der Waals surface area contributed by atoms with Gasteiger partial charge in [0.1, 0.15) is 0 Å². The number of hydrogen-bond acceptors (Lipinski definition) is 0. The molecule has 6 unspecified atom stereocenters. The van der Waals surface area contributed by atoms with E-state index in [0.717, 1.165) is 22.9 Å². The van der Waals surface area contributed by atoms with Gasteiger partial charge >= 0.3 is 0 Å². The molecule has 0 heterocycles. The van der Waals surface area contributed by atoms with E-state index in [4.69, 9.17) is 0 Å². The van der Waals surface area contributed by atoms with Gasteiger partial charge in [-0.05, 0) is 70.9 Å². The van der Waals surface area contributed by atoms with Crippen molar-refractivity contribution in [2.75, 3.05) is 0 Å². The second kappa shape index (κ2) is 6.57. The van der Waals surface area contributed by atoms with Crippen molar-refractivity contribution < 1.29 is 0 Å². The Hall–Kier alpha value is -1.86. The zero-order valence-corrected chi connectivity index (χ0v) is 18.7. The van der Waals surface area contributed by atoms with Gasteiger partial charge in [0.15, 0.2) is 0 Å². The van der Waals surface area contributed by atoms with Crippen molar-refractivity contribution in [3.8, 4) is 0 Å². The van der Waals surface area contributed by atoms with Crippen molar-refractivity contribution in [3.05, 3.63) is 95.2 Å². The molecular weight excluding hydrogens is 364 g/mol. The molecule has 0 amide bonds. The summed E-state index contributed by atoms with van der Waals surface area (Å²) < 4.78 is 0. The third-order valence-electron chi connectivity index (χ3n) is 9.00. The molecule has 6 atom stereocenters. The Bertz CT molecular complexity index is 896. The highest BCUT2D eigenvalue weighted by atomic mass is 28.3. The molecule has 6 aliphatic carbocycles. The molecule has 29 heavy (non-hydrogen) atoms. The molecule has 0 aliphatic heterocycles. The zero-order chi connectivity index (χ0) is 19.6. The summed E-state index contributed by atoms with van der Waals surface area (Å²) in [5.41, 5.74) is 8.39. The molecule has 1 heteroatoms. The van der Waals surface area contributed by atoms with Crippen molar-refractivity contribution in [1.29, 1.82) is 0 Å². The summed E-state index contributed by atoms with van der Waals surface area (Å²) in [4.78, 5) is 0. The molecule has 0 aromatic carbocycles. The number of allylic oxidation sites excluding steroid dienone is 16. The Morgan fingerprint density at radius 2 is 1.10 bits per heavy atom. The highest BCUT2D eigenvalue weighted by Crippen LogP contribution is 2.59. The van der Waals surface area contributed by atoms with Crippen molar-refractivity contribution in [1.82, 2.24) is 0 Å². The van der Waals surface area contributed by atoms with Crippen molar-refractivity contribution in [2.24, 2.45) is 23.7 Å². The lowest BCUT2D eigenvalue weighted by Gasteiger charge is -2.47. The number of rotatable bonds is 2. The van der Waals surface area contributed by atoms with Crippen LogP contribution in [-0.4, -0.2) is 8.07 Å². The maximum atomic E-state index is 2.74. The lowest BCUT2D eigenvalue weighted by atomic mass is 9.88.